The summed E-state index contributed by atoms with van der Waals surface area (Å²) in [6.07, 6.45) is 6.05. The SMILES string of the molecule is COCCOCCCCn1cncc1C1CNCCO1. The third-order valence-electron chi connectivity index (χ3n) is 3.37. The number of hydrogen-bond acceptors (Lipinski definition) is 5. The van der Waals surface area contributed by atoms with Crippen molar-refractivity contribution in [2.45, 2.75) is 25.5 Å². The van der Waals surface area contributed by atoms with Gasteiger partial charge in [0.15, 0.2) is 0 Å². The minimum atomic E-state index is 0.129. The van der Waals surface area contributed by atoms with Crippen molar-refractivity contribution in [1.82, 2.24) is 14.9 Å². The molecule has 0 aromatic carbocycles. The molecule has 0 spiro atoms. The number of nitrogens with one attached hydrogen (secondary N) is 1. The molecule has 1 fully saturated rings. The van der Waals surface area contributed by atoms with Crippen LogP contribution >= 0.6 is 0 Å². The van der Waals surface area contributed by atoms with Gasteiger partial charge >= 0.3 is 0 Å². The highest BCUT2D eigenvalue weighted by Crippen LogP contribution is 2.18. The number of imidazole rings is 1. The average Bonchev–Trinajstić information content (AvgIpc) is 2.96. The van der Waals surface area contributed by atoms with Crippen LogP contribution < -0.4 is 5.32 Å². The first-order valence-electron chi connectivity index (χ1n) is 7.31. The van der Waals surface area contributed by atoms with Gasteiger partial charge in [0.2, 0.25) is 0 Å². The molecule has 6 heteroatoms. The Hall–Kier alpha value is -0.950. The number of hydrogen-bond donors (Lipinski definition) is 1. The minimum Gasteiger partial charge on any atom is -0.382 e. The smallest absolute Gasteiger partial charge is 0.111 e. The molecule has 20 heavy (non-hydrogen) atoms. The van der Waals surface area contributed by atoms with Crippen LogP contribution in [0.4, 0.5) is 0 Å². The lowest BCUT2D eigenvalue weighted by atomic mass is 10.2. The third kappa shape index (κ3) is 4.86. The van der Waals surface area contributed by atoms with Gasteiger partial charge in [0.25, 0.3) is 0 Å². The zero-order chi connectivity index (χ0) is 14.0. The fraction of sp³-hybridized carbons (Fsp3) is 0.786. The zero-order valence-electron chi connectivity index (χ0n) is 12.2. The van der Waals surface area contributed by atoms with E-state index < -0.39 is 0 Å². The van der Waals surface area contributed by atoms with Gasteiger partial charge in [-0.1, -0.05) is 0 Å². The minimum absolute atomic E-state index is 0.129. The van der Waals surface area contributed by atoms with Gasteiger partial charge < -0.3 is 24.1 Å². The number of aromatic nitrogens is 2. The molecular weight excluding hydrogens is 258 g/mol. The molecule has 0 radical (unpaired) electrons. The summed E-state index contributed by atoms with van der Waals surface area (Å²) in [6.45, 7) is 5.66. The first-order valence-corrected chi connectivity index (χ1v) is 7.31. The molecule has 0 saturated carbocycles. The summed E-state index contributed by atoms with van der Waals surface area (Å²) >= 11 is 0. The van der Waals surface area contributed by atoms with Gasteiger partial charge in [-0.15, -0.1) is 0 Å². The summed E-state index contributed by atoms with van der Waals surface area (Å²) in [4.78, 5) is 4.24. The Kier molecular flexibility index (Phi) is 7.00. The average molecular weight is 283 g/mol. The first kappa shape index (κ1) is 15.4. The van der Waals surface area contributed by atoms with Gasteiger partial charge in [-0.2, -0.15) is 0 Å². The molecule has 1 aromatic rings. The number of methoxy groups -OCH3 is 1. The van der Waals surface area contributed by atoms with E-state index in [1.54, 1.807) is 7.11 Å². The largest absolute Gasteiger partial charge is 0.382 e. The van der Waals surface area contributed by atoms with Gasteiger partial charge in [0.1, 0.15) is 6.10 Å². The van der Waals surface area contributed by atoms with Crippen LogP contribution in [0.25, 0.3) is 0 Å². The summed E-state index contributed by atoms with van der Waals surface area (Å²) < 4.78 is 18.3. The second-order valence-corrected chi connectivity index (χ2v) is 4.89. The van der Waals surface area contributed by atoms with Crippen LogP contribution in [0, 0.1) is 0 Å². The molecule has 1 aromatic heterocycles. The topological polar surface area (TPSA) is 57.5 Å². The standard InChI is InChI=1S/C14H25N3O3/c1-18-8-9-19-6-3-2-5-17-12-16-10-13(17)14-11-15-4-7-20-14/h10,12,14-15H,2-9,11H2,1H3. The van der Waals surface area contributed by atoms with E-state index in [4.69, 9.17) is 14.2 Å². The van der Waals surface area contributed by atoms with Crippen LogP contribution in [-0.4, -0.2) is 56.2 Å². The van der Waals surface area contributed by atoms with Crippen LogP contribution in [0.1, 0.15) is 24.6 Å². The third-order valence-corrected chi connectivity index (χ3v) is 3.37. The Bertz CT molecular complexity index is 364. The summed E-state index contributed by atoms with van der Waals surface area (Å²) in [5.41, 5.74) is 1.16. The maximum Gasteiger partial charge on any atom is 0.111 e. The van der Waals surface area contributed by atoms with Crippen molar-refractivity contribution in [3.8, 4) is 0 Å². The summed E-state index contributed by atoms with van der Waals surface area (Å²) in [6, 6.07) is 0. The van der Waals surface area contributed by atoms with E-state index in [9.17, 15) is 0 Å². The Morgan fingerprint density at radius 2 is 2.35 bits per heavy atom. The Morgan fingerprint density at radius 3 is 3.15 bits per heavy atom. The van der Waals surface area contributed by atoms with Gasteiger partial charge in [0, 0.05) is 33.4 Å². The summed E-state index contributed by atoms with van der Waals surface area (Å²) in [5, 5.41) is 3.35. The van der Waals surface area contributed by atoms with Crippen molar-refractivity contribution in [2.75, 3.05) is 46.6 Å². The Labute approximate surface area is 120 Å². The summed E-state index contributed by atoms with van der Waals surface area (Å²) in [7, 11) is 1.69. The first-order chi connectivity index (χ1) is 9.92. The van der Waals surface area contributed by atoms with E-state index in [1.165, 1.54) is 0 Å². The van der Waals surface area contributed by atoms with E-state index in [2.05, 4.69) is 14.9 Å². The van der Waals surface area contributed by atoms with Crippen molar-refractivity contribution < 1.29 is 14.2 Å². The van der Waals surface area contributed by atoms with Crippen molar-refractivity contribution in [1.29, 1.82) is 0 Å². The van der Waals surface area contributed by atoms with Crippen molar-refractivity contribution >= 4 is 0 Å². The maximum absolute atomic E-state index is 5.77. The lowest BCUT2D eigenvalue weighted by Crippen LogP contribution is -2.34. The number of unbranched alkanes of at least 4 members (excludes halogenated alkanes) is 1. The van der Waals surface area contributed by atoms with Gasteiger partial charge in [-0.3, -0.25) is 0 Å². The number of aryl methyl sites for hydroxylation is 1. The van der Waals surface area contributed by atoms with E-state index in [0.717, 1.165) is 51.4 Å². The van der Waals surface area contributed by atoms with Crippen molar-refractivity contribution in [2.24, 2.45) is 0 Å². The highest BCUT2D eigenvalue weighted by Gasteiger charge is 2.19. The highest BCUT2D eigenvalue weighted by molar-refractivity contribution is 5.04. The van der Waals surface area contributed by atoms with Gasteiger partial charge in [-0.05, 0) is 12.8 Å². The fourth-order valence-corrected chi connectivity index (χ4v) is 2.27. The molecule has 1 aliphatic heterocycles. The predicted molar refractivity (Wildman–Crippen MR) is 75.7 cm³/mol. The lowest BCUT2D eigenvalue weighted by molar-refractivity contribution is 0.0226. The molecule has 1 unspecified atom stereocenters. The maximum atomic E-state index is 5.77. The number of ether oxygens (including phenoxy) is 3. The van der Waals surface area contributed by atoms with E-state index in [1.807, 2.05) is 12.5 Å². The second kappa shape index (κ2) is 9.07. The van der Waals surface area contributed by atoms with Gasteiger partial charge in [0.05, 0.1) is 38.0 Å². The molecule has 1 aliphatic rings. The van der Waals surface area contributed by atoms with E-state index >= 15 is 0 Å². The van der Waals surface area contributed by atoms with Crippen molar-refractivity contribution in [3.05, 3.63) is 18.2 Å². The van der Waals surface area contributed by atoms with Crippen LogP contribution in [0.5, 0.6) is 0 Å². The van der Waals surface area contributed by atoms with Crippen LogP contribution in [0.2, 0.25) is 0 Å². The van der Waals surface area contributed by atoms with Gasteiger partial charge in [-0.25, -0.2) is 4.98 Å². The molecule has 114 valence electrons. The van der Waals surface area contributed by atoms with E-state index in [0.29, 0.717) is 13.2 Å². The number of nitrogens with zero attached hydrogens (tertiary/aromatic N) is 2. The van der Waals surface area contributed by atoms with Crippen molar-refractivity contribution in [3.63, 3.8) is 0 Å². The molecule has 2 rings (SSSR count). The molecule has 1 saturated heterocycles. The van der Waals surface area contributed by atoms with Crippen LogP contribution in [0.15, 0.2) is 12.5 Å². The molecule has 1 N–H and O–H groups in total. The normalized spacial score (nSPS) is 19.4. The Morgan fingerprint density at radius 1 is 1.40 bits per heavy atom. The zero-order valence-corrected chi connectivity index (χ0v) is 12.2. The molecule has 0 aliphatic carbocycles. The van der Waals surface area contributed by atoms with Crippen LogP contribution in [-0.2, 0) is 20.8 Å². The molecule has 0 amide bonds. The fourth-order valence-electron chi connectivity index (χ4n) is 2.27. The van der Waals surface area contributed by atoms with E-state index in [-0.39, 0.29) is 6.10 Å². The lowest BCUT2D eigenvalue weighted by Gasteiger charge is -2.24. The highest BCUT2D eigenvalue weighted by atomic mass is 16.5. The molecule has 1 atom stereocenters. The quantitative estimate of drug-likeness (QED) is 0.685. The molecule has 0 bridgehead atoms. The molecule has 6 nitrogen and oxygen atoms in total. The second-order valence-electron chi connectivity index (χ2n) is 4.89. The molecular formula is C14H25N3O3. The van der Waals surface area contributed by atoms with Crippen LogP contribution in [0.3, 0.4) is 0 Å². The summed E-state index contributed by atoms with van der Waals surface area (Å²) in [5.74, 6) is 0. The Balaban J connectivity index is 1.66. The predicted octanol–water partition coefficient (Wildman–Crippen LogP) is 0.987. The number of morpholine rings is 1. The monoisotopic (exact) mass is 283 g/mol. The number of rotatable bonds is 9. The molecule has 2 heterocycles.